The summed E-state index contributed by atoms with van der Waals surface area (Å²) in [4.78, 5) is 21.1. The van der Waals surface area contributed by atoms with Crippen molar-refractivity contribution in [3.8, 4) is 0 Å². The molecule has 9 nitrogen and oxygen atoms in total. The van der Waals surface area contributed by atoms with Gasteiger partial charge in [0.05, 0.1) is 24.6 Å². The maximum absolute atomic E-state index is 12.8. The molecule has 1 amide bonds. The van der Waals surface area contributed by atoms with E-state index in [1.165, 1.54) is 0 Å². The number of fused-ring (bicyclic) bond motifs is 1. The Labute approximate surface area is 177 Å². The molecule has 0 N–H and O–H groups in total. The van der Waals surface area contributed by atoms with Gasteiger partial charge in [0.1, 0.15) is 17.1 Å². The summed E-state index contributed by atoms with van der Waals surface area (Å²) >= 11 is 0. The summed E-state index contributed by atoms with van der Waals surface area (Å²) in [7, 11) is -3.54. The van der Waals surface area contributed by atoms with E-state index in [2.05, 4.69) is 9.88 Å². The van der Waals surface area contributed by atoms with Gasteiger partial charge in [-0.25, -0.2) is 9.78 Å². The molecule has 0 aliphatic carbocycles. The molecule has 1 aliphatic rings. The minimum Gasteiger partial charge on any atom is -0.444 e. The Morgan fingerprint density at radius 1 is 1.27 bits per heavy atom. The highest BCUT2D eigenvalue weighted by Gasteiger charge is 2.34. The molecule has 2 aromatic heterocycles. The summed E-state index contributed by atoms with van der Waals surface area (Å²) in [6.07, 6.45) is 2.98. The number of aromatic nitrogens is 2. The van der Waals surface area contributed by atoms with Crippen LogP contribution in [0.5, 0.6) is 0 Å². The fourth-order valence-corrected chi connectivity index (χ4v) is 3.98. The van der Waals surface area contributed by atoms with Crippen molar-refractivity contribution in [1.29, 1.82) is 0 Å². The Morgan fingerprint density at radius 3 is 2.67 bits per heavy atom. The Morgan fingerprint density at radius 2 is 2.00 bits per heavy atom. The van der Waals surface area contributed by atoms with Gasteiger partial charge in [0.15, 0.2) is 0 Å². The van der Waals surface area contributed by atoms with Crippen molar-refractivity contribution in [1.82, 2.24) is 14.3 Å². The highest BCUT2D eigenvalue weighted by molar-refractivity contribution is 7.85. The van der Waals surface area contributed by atoms with Crippen molar-refractivity contribution in [2.24, 2.45) is 0 Å². The first-order chi connectivity index (χ1) is 13.9. The third-order valence-corrected chi connectivity index (χ3v) is 5.37. The number of nitrogens with zero attached hydrogens (tertiary/aromatic N) is 4. The van der Waals surface area contributed by atoms with Gasteiger partial charge in [-0.2, -0.15) is 8.42 Å². The van der Waals surface area contributed by atoms with Crippen LogP contribution in [-0.4, -0.2) is 72.9 Å². The van der Waals surface area contributed by atoms with E-state index in [1.54, 1.807) is 4.90 Å². The second-order valence-corrected chi connectivity index (χ2v) is 10.2. The summed E-state index contributed by atoms with van der Waals surface area (Å²) in [5, 5.41) is 0. The van der Waals surface area contributed by atoms with Crippen LogP contribution in [0.1, 0.15) is 32.9 Å². The number of carbonyl (C=O) groups is 1. The number of imidazole rings is 1. The number of aryl methyl sites for hydroxylation is 1. The Balaban J connectivity index is 1.82. The summed E-state index contributed by atoms with van der Waals surface area (Å²) in [5.41, 5.74) is 1.17. The van der Waals surface area contributed by atoms with Crippen LogP contribution in [0.4, 0.5) is 10.6 Å². The topological polar surface area (TPSA) is 93.5 Å². The zero-order valence-corrected chi connectivity index (χ0v) is 19.0. The molecule has 0 spiro atoms. The van der Waals surface area contributed by atoms with E-state index in [-0.39, 0.29) is 12.6 Å². The fraction of sp³-hybridized carbons (Fsp3) is 0.600. The molecule has 3 heterocycles. The van der Waals surface area contributed by atoms with E-state index in [4.69, 9.17) is 8.92 Å². The quantitative estimate of drug-likeness (QED) is 0.662. The lowest BCUT2D eigenvalue weighted by Crippen LogP contribution is -2.56. The molecule has 10 heteroatoms. The highest BCUT2D eigenvalue weighted by Crippen LogP contribution is 2.24. The van der Waals surface area contributed by atoms with E-state index in [9.17, 15) is 13.2 Å². The van der Waals surface area contributed by atoms with Crippen LogP contribution >= 0.6 is 0 Å². The van der Waals surface area contributed by atoms with E-state index in [1.807, 2.05) is 56.5 Å². The van der Waals surface area contributed by atoms with Gasteiger partial charge >= 0.3 is 6.09 Å². The van der Waals surface area contributed by atoms with Crippen LogP contribution < -0.4 is 4.90 Å². The van der Waals surface area contributed by atoms with Crippen LogP contribution in [0.3, 0.4) is 0 Å². The lowest BCUT2D eigenvalue weighted by atomic mass is 10.1. The van der Waals surface area contributed by atoms with E-state index < -0.39 is 21.8 Å². The summed E-state index contributed by atoms with van der Waals surface area (Å²) in [6.45, 7) is 9.04. The lowest BCUT2D eigenvalue weighted by molar-refractivity contribution is 0.0120. The van der Waals surface area contributed by atoms with Crippen molar-refractivity contribution >= 4 is 27.7 Å². The van der Waals surface area contributed by atoms with Gasteiger partial charge in [-0.05, 0) is 46.2 Å². The molecular formula is C20H30N4O5S. The highest BCUT2D eigenvalue weighted by atomic mass is 32.2. The van der Waals surface area contributed by atoms with Gasteiger partial charge in [0.2, 0.25) is 0 Å². The van der Waals surface area contributed by atoms with Gasteiger partial charge in [0, 0.05) is 25.8 Å². The lowest BCUT2D eigenvalue weighted by Gasteiger charge is -2.42. The molecule has 0 bridgehead atoms. The molecular weight excluding hydrogens is 408 g/mol. The molecule has 30 heavy (non-hydrogen) atoms. The number of carbonyl (C=O) groups excluding carboxylic acids is 1. The number of rotatable bonds is 5. The smallest absolute Gasteiger partial charge is 0.410 e. The summed E-state index contributed by atoms with van der Waals surface area (Å²) in [6, 6.07) is 5.67. The van der Waals surface area contributed by atoms with Crippen LogP contribution in [0.15, 0.2) is 24.4 Å². The molecule has 1 atom stereocenters. The van der Waals surface area contributed by atoms with E-state index >= 15 is 0 Å². The molecule has 2 aromatic rings. The van der Waals surface area contributed by atoms with Gasteiger partial charge < -0.3 is 14.5 Å². The molecule has 0 saturated carbocycles. The fourth-order valence-electron chi connectivity index (χ4n) is 3.58. The first-order valence-corrected chi connectivity index (χ1v) is 11.8. The summed E-state index contributed by atoms with van der Waals surface area (Å²) < 4.78 is 35.3. The van der Waals surface area contributed by atoms with Crippen LogP contribution in [0.2, 0.25) is 0 Å². The molecule has 1 aliphatic heterocycles. The van der Waals surface area contributed by atoms with E-state index in [0.717, 1.165) is 23.4 Å². The Bertz CT molecular complexity index is 1010. The minimum atomic E-state index is -3.54. The number of pyridine rings is 1. The van der Waals surface area contributed by atoms with Gasteiger partial charge in [-0.1, -0.05) is 6.07 Å². The summed E-state index contributed by atoms with van der Waals surface area (Å²) in [5.74, 6) is 0.978. The Kier molecular flexibility index (Phi) is 6.28. The maximum Gasteiger partial charge on any atom is 0.410 e. The van der Waals surface area contributed by atoms with Gasteiger partial charge in [-0.15, -0.1) is 0 Å². The average molecular weight is 439 g/mol. The van der Waals surface area contributed by atoms with Crippen molar-refractivity contribution in [3.05, 3.63) is 30.1 Å². The van der Waals surface area contributed by atoms with Gasteiger partial charge in [-0.3, -0.25) is 8.58 Å². The third kappa shape index (κ3) is 5.63. The van der Waals surface area contributed by atoms with Crippen LogP contribution in [0.25, 0.3) is 5.65 Å². The monoisotopic (exact) mass is 438 g/mol. The number of piperazine rings is 1. The molecule has 1 saturated heterocycles. The number of hydrogen-bond donors (Lipinski definition) is 0. The molecule has 0 aromatic carbocycles. The van der Waals surface area contributed by atoms with Crippen molar-refractivity contribution < 1.29 is 22.1 Å². The number of amides is 1. The second kappa shape index (κ2) is 8.43. The number of anilines is 1. The molecule has 166 valence electrons. The molecule has 0 radical (unpaired) electrons. The molecule has 1 fully saturated rings. The SMILES string of the molecule is Cc1cn2c(N3CCN(C(=O)OC(C)(C)C)C(CCOS(C)(=O)=O)C3)cccc2n1. The Hall–Kier alpha value is -2.33. The van der Waals surface area contributed by atoms with Crippen LogP contribution in [0, 0.1) is 6.92 Å². The van der Waals surface area contributed by atoms with Crippen LogP contribution in [-0.2, 0) is 19.0 Å². The normalized spacial score (nSPS) is 18.1. The first-order valence-electron chi connectivity index (χ1n) is 9.97. The predicted molar refractivity (Wildman–Crippen MR) is 114 cm³/mol. The molecule has 3 rings (SSSR count). The number of hydrogen-bond acceptors (Lipinski definition) is 7. The minimum absolute atomic E-state index is 0.00498. The van der Waals surface area contributed by atoms with Crippen molar-refractivity contribution in [3.63, 3.8) is 0 Å². The predicted octanol–water partition coefficient (Wildman–Crippen LogP) is 2.43. The third-order valence-electron chi connectivity index (χ3n) is 4.77. The van der Waals surface area contributed by atoms with Crippen molar-refractivity contribution in [2.75, 3.05) is 37.4 Å². The second-order valence-electron chi connectivity index (χ2n) is 8.58. The maximum atomic E-state index is 12.8. The zero-order valence-electron chi connectivity index (χ0n) is 18.2. The largest absolute Gasteiger partial charge is 0.444 e. The van der Waals surface area contributed by atoms with E-state index in [0.29, 0.717) is 26.1 Å². The molecule has 1 unspecified atom stereocenters. The zero-order chi connectivity index (χ0) is 22.1. The number of ether oxygens (including phenoxy) is 1. The van der Waals surface area contributed by atoms with Crippen molar-refractivity contribution in [2.45, 2.75) is 45.8 Å². The standard InChI is InChI=1S/C20H30N4O5S/c1-15-13-24-17(21-15)7-6-8-18(24)22-10-11-23(19(25)29-20(2,3)4)16(14-22)9-12-28-30(5,26)27/h6-8,13,16H,9-12,14H2,1-5H3. The average Bonchev–Trinajstić information content (AvgIpc) is 2.99. The van der Waals surface area contributed by atoms with Gasteiger partial charge in [0.25, 0.3) is 10.1 Å². The first kappa shape index (κ1) is 22.4.